The Balaban J connectivity index is 2.92. The lowest BCUT2D eigenvalue weighted by molar-refractivity contribution is -0.141. The second-order valence-electron chi connectivity index (χ2n) is 4.84. The summed E-state index contributed by atoms with van der Waals surface area (Å²) in [5.41, 5.74) is 0.642. The topological polar surface area (TPSA) is 109 Å². The summed E-state index contributed by atoms with van der Waals surface area (Å²) in [4.78, 5) is 21.5. The minimum absolute atomic E-state index is 0.466. The molecule has 0 atom stereocenters. The summed E-state index contributed by atoms with van der Waals surface area (Å²) in [7, 11) is 0. The van der Waals surface area contributed by atoms with Crippen LogP contribution in [0, 0.1) is 0 Å². The predicted octanol–water partition coefficient (Wildman–Crippen LogP) is 1.68. The van der Waals surface area contributed by atoms with Crippen molar-refractivity contribution in [3.05, 3.63) is 23.8 Å². The number of hydrogen-bond donors (Lipinski definition) is 2. The highest BCUT2D eigenvalue weighted by molar-refractivity contribution is 5.81. The summed E-state index contributed by atoms with van der Waals surface area (Å²) in [6, 6.07) is 5.18. The molecule has 0 saturated heterocycles. The third-order valence-corrected chi connectivity index (χ3v) is 2.73. The van der Waals surface area contributed by atoms with E-state index < -0.39 is 25.0 Å². The molecule has 0 bridgehead atoms. The fraction of sp³-hybridized carbons (Fsp3) is 0.438. The molecule has 0 aliphatic carbocycles. The summed E-state index contributed by atoms with van der Waals surface area (Å²) in [6.07, 6.45) is 2.26. The average Bonchev–Trinajstić information content (AvgIpc) is 2.51. The van der Waals surface area contributed by atoms with Gasteiger partial charge in [-0.25, -0.2) is 0 Å². The monoisotopic (exact) mass is 338 g/mol. The lowest BCUT2D eigenvalue weighted by Gasteiger charge is -2.14. The maximum absolute atomic E-state index is 10.7. The van der Waals surface area contributed by atoms with Crippen LogP contribution in [0.3, 0.4) is 0 Å². The Kier molecular flexibility index (Phi) is 8.10. The van der Waals surface area contributed by atoms with Gasteiger partial charge in [0.25, 0.3) is 0 Å². The van der Waals surface area contributed by atoms with Gasteiger partial charge in [0, 0.05) is 0 Å². The number of ether oxygens (including phenoxy) is 2. The van der Waals surface area contributed by atoms with E-state index in [-0.39, 0.29) is 0 Å². The van der Waals surface area contributed by atoms with Gasteiger partial charge in [-0.2, -0.15) is 5.10 Å². The van der Waals surface area contributed by atoms with Crippen LogP contribution in [0.2, 0.25) is 0 Å². The second kappa shape index (κ2) is 10.1. The van der Waals surface area contributed by atoms with E-state index in [0.717, 1.165) is 11.4 Å². The van der Waals surface area contributed by atoms with E-state index in [1.165, 1.54) is 6.21 Å². The standard InChI is InChI=1S/C16H22N2O6/c1-3-7-24-13-6-5-12(8-14(13)23-4-2)9-17-18(10-15(19)20)11-16(21)22/h5-6,8-9H,3-4,7,10-11H2,1-2H3,(H,19,20)(H,21,22)/b17-9-. The van der Waals surface area contributed by atoms with Crippen LogP contribution in [-0.2, 0) is 9.59 Å². The zero-order valence-electron chi connectivity index (χ0n) is 13.8. The number of benzene rings is 1. The molecular weight excluding hydrogens is 316 g/mol. The number of carboxylic acids is 2. The van der Waals surface area contributed by atoms with Gasteiger partial charge in [0.2, 0.25) is 0 Å². The van der Waals surface area contributed by atoms with Crippen molar-refractivity contribution in [1.82, 2.24) is 5.01 Å². The number of carboxylic acid groups (broad SMARTS) is 2. The van der Waals surface area contributed by atoms with Crippen LogP contribution in [0.15, 0.2) is 23.3 Å². The Bertz CT molecular complexity index is 572. The first-order valence-corrected chi connectivity index (χ1v) is 7.58. The largest absolute Gasteiger partial charge is 0.490 e. The van der Waals surface area contributed by atoms with Crippen LogP contribution in [-0.4, -0.2) is 59.7 Å². The highest BCUT2D eigenvalue weighted by Crippen LogP contribution is 2.28. The second-order valence-corrected chi connectivity index (χ2v) is 4.84. The molecule has 1 aromatic rings. The molecule has 24 heavy (non-hydrogen) atoms. The van der Waals surface area contributed by atoms with Crippen LogP contribution in [0.25, 0.3) is 0 Å². The Hall–Kier alpha value is -2.77. The molecule has 0 fully saturated rings. The van der Waals surface area contributed by atoms with Gasteiger partial charge in [0.15, 0.2) is 11.5 Å². The molecule has 0 aliphatic heterocycles. The molecule has 2 N–H and O–H groups in total. The normalized spacial score (nSPS) is 10.6. The first kappa shape index (κ1) is 19.3. The zero-order valence-corrected chi connectivity index (χ0v) is 13.8. The zero-order chi connectivity index (χ0) is 17.9. The van der Waals surface area contributed by atoms with Crippen molar-refractivity contribution in [3.63, 3.8) is 0 Å². The van der Waals surface area contributed by atoms with Gasteiger partial charge >= 0.3 is 11.9 Å². The Labute approximate surface area is 140 Å². The number of hydrogen-bond acceptors (Lipinski definition) is 6. The molecule has 0 aromatic heterocycles. The third kappa shape index (κ3) is 6.99. The molecule has 0 spiro atoms. The third-order valence-electron chi connectivity index (χ3n) is 2.73. The maximum Gasteiger partial charge on any atom is 0.324 e. The first-order chi connectivity index (χ1) is 11.5. The van der Waals surface area contributed by atoms with Crippen LogP contribution < -0.4 is 9.47 Å². The van der Waals surface area contributed by atoms with E-state index in [4.69, 9.17) is 19.7 Å². The molecular formula is C16H22N2O6. The van der Waals surface area contributed by atoms with Crippen molar-refractivity contribution in [2.24, 2.45) is 5.10 Å². The van der Waals surface area contributed by atoms with E-state index >= 15 is 0 Å². The van der Waals surface area contributed by atoms with E-state index in [1.54, 1.807) is 18.2 Å². The molecule has 0 heterocycles. The fourth-order valence-electron chi connectivity index (χ4n) is 1.80. The van der Waals surface area contributed by atoms with E-state index in [0.29, 0.717) is 30.3 Å². The molecule has 8 heteroatoms. The van der Waals surface area contributed by atoms with Gasteiger partial charge in [-0.3, -0.25) is 14.6 Å². The summed E-state index contributed by atoms with van der Waals surface area (Å²) in [6.45, 7) is 3.88. The van der Waals surface area contributed by atoms with Crippen molar-refractivity contribution in [2.75, 3.05) is 26.3 Å². The van der Waals surface area contributed by atoms with Gasteiger partial charge in [-0.05, 0) is 37.1 Å². The van der Waals surface area contributed by atoms with Gasteiger partial charge in [-0.15, -0.1) is 0 Å². The highest BCUT2D eigenvalue weighted by Gasteiger charge is 2.11. The number of nitrogens with zero attached hydrogens (tertiary/aromatic N) is 2. The lowest BCUT2D eigenvalue weighted by atomic mass is 10.2. The van der Waals surface area contributed by atoms with E-state index in [2.05, 4.69) is 5.10 Å². The molecule has 1 aromatic carbocycles. The van der Waals surface area contributed by atoms with E-state index in [1.807, 2.05) is 13.8 Å². The number of hydrazone groups is 1. The van der Waals surface area contributed by atoms with E-state index in [9.17, 15) is 9.59 Å². The van der Waals surface area contributed by atoms with Crippen molar-refractivity contribution in [3.8, 4) is 11.5 Å². The van der Waals surface area contributed by atoms with Crippen LogP contribution in [0.1, 0.15) is 25.8 Å². The van der Waals surface area contributed by atoms with Crippen molar-refractivity contribution >= 4 is 18.2 Å². The van der Waals surface area contributed by atoms with Crippen LogP contribution in [0.5, 0.6) is 11.5 Å². The molecule has 0 radical (unpaired) electrons. The molecule has 0 unspecified atom stereocenters. The predicted molar refractivity (Wildman–Crippen MR) is 87.8 cm³/mol. The van der Waals surface area contributed by atoms with Crippen molar-refractivity contribution in [2.45, 2.75) is 20.3 Å². The lowest BCUT2D eigenvalue weighted by Crippen LogP contribution is -2.30. The van der Waals surface area contributed by atoms with Crippen LogP contribution in [0.4, 0.5) is 0 Å². The number of rotatable bonds is 11. The Morgan fingerprint density at radius 2 is 1.79 bits per heavy atom. The summed E-state index contributed by atoms with van der Waals surface area (Å²) < 4.78 is 11.1. The SMILES string of the molecule is CCCOc1ccc(/C=N\N(CC(=O)O)CC(=O)O)cc1OCC. The molecule has 0 saturated carbocycles. The summed E-state index contributed by atoms with van der Waals surface area (Å²) in [5, 5.41) is 22.4. The maximum atomic E-state index is 10.7. The first-order valence-electron chi connectivity index (χ1n) is 7.58. The molecule has 0 amide bonds. The van der Waals surface area contributed by atoms with Gasteiger partial charge in [-0.1, -0.05) is 6.92 Å². The minimum Gasteiger partial charge on any atom is -0.490 e. The fourth-order valence-corrected chi connectivity index (χ4v) is 1.80. The van der Waals surface area contributed by atoms with Gasteiger partial charge < -0.3 is 19.7 Å². The minimum atomic E-state index is -1.16. The van der Waals surface area contributed by atoms with Gasteiger partial charge in [0.1, 0.15) is 13.1 Å². The van der Waals surface area contributed by atoms with Crippen LogP contribution >= 0.6 is 0 Å². The number of carbonyl (C=O) groups is 2. The highest BCUT2D eigenvalue weighted by atomic mass is 16.5. The molecule has 132 valence electrons. The quantitative estimate of drug-likeness (QED) is 0.467. The number of aliphatic carboxylic acids is 2. The summed E-state index contributed by atoms with van der Waals surface area (Å²) in [5.74, 6) is -1.15. The Morgan fingerprint density at radius 3 is 2.33 bits per heavy atom. The van der Waals surface area contributed by atoms with Crippen molar-refractivity contribution in [1.29, 1.82) is 0 Å². The summed E-state index contributed by atoms with van der Waals surface area (Å²) >= 11 is 0. The average molecular weight is 338 g/mol. The molecule has 0 aliphatic rings. The smallest absolute Gasteiger partial charge is 0.324 e. The molecule has 8 nitrogen and oxygen atoms in total. The molecule has 1 rings (SSSR count). The van der Waals surface area contributed by atoms with Crippen molar-refractivity contribution < 1.29 is 29.3 Å². The Morgan fingerprint density at radius 1 is 1.12 bits per heavy atom. The van der Waals surface area contributed by atoms with Gasteiger partial charge in [0.05, 0.1) is 19.4 Å².